The number of rotatable bonds is 7. The Kier molecular flexibility index (Phi) is 8.55. The van der Waals surface area contributed by atoms with Crippen molar-refractivity contribution in [1.82, 2.24) is 10.2 Å². The third-order valence-electron chi connectivity index (χ3n) is 7.20. The number of aliphatic hydroxyl groups is 1. The molecular weight excluding hydrogens is 468 g/mol. The van der Waals surface area contributed by atoms with Gasteiger partial charge in [-0.05, 0) is 56.9 Å². The van der Waals surface area contributed by atoms with Gasteiger partial charge in [-0.2, -0.15) is 0 Å². The second-order valence-electron chi connectivity index (χ2n) is 11.2. The summed E-state index contributed by atoms with van der Waals surface area (Å²) < 4.78 is 11.6. The van der Waals surface area contributed by atoms with Gasteiger partial charge in [0.1, 0.15) is 24.0 Å². The average molecular weight is 509 g/mol. The Morgan fingerprint density at radius 3 is 2.38 bits per heavy atom. The molecule has 1 aliphatic carbocycles. The fourth-order valence-electron chi connectivity index (χ4n) is 5.38. The molecule has 0 radical (unpaired) electrons. The van der Waals surface area contributed by atoms with Crippen molar-refractivity contribution in [2.75, 3.05) is 19.6 Å². The van der Waals surface area contributed by atoms with Gasteiger partial charge in [0.2, 0.25) is 0 Å². The van der Waals surface area contributed by atoms with Gasteiger partial charge in [0, 0.05) is 19.6 Å². The van der Waals surface area contributed by atoms with Crippen molar-refractivity contribution in [3.63, 3.8) is 0 Å². The number of nitrogens with zero attached hydrogens (tertiary/aromatic N) is 1. The molecule has 2 fully saturated rings. The molecule has 2 unspecified atom stereocenters. The van der Waals surface area contributed by atoms with Crippen molar-refractivity contribution in [3.05, 3.63) is 65.7 Å². The van der Waals surface area contributed by atoms with E-state index in [1.54, 1.807) is 0 Å². The van der Waals surface area contributed by atoms with Crippen LogP contribution in [0.1, 0.15) is 69.9 Å². The third-order valence-corrected chi connectivity index (χ3v) is 7.20. The third kappa shape index (κ3) is 6.90. The van der Waals surface area contributed by atoms with E-state index in [2.05, 4.69) is 5.32 Å². The van der Waals surface area contributed by atoms with Gasteiger partial charge in [0.25, 0.3) is 0 Å². The zero-order valence-corrected chi connectivity index (χ0v) is 22.2. The van der Waals surface area contributed by atoms with Crippen molar-refractivity contribution < 1.29 is 24.2 Å². The van der Waals surface area contributed by atoms with Gasteiger partial charge in [-0.3, -0.25) is 9.69 Å². The number of carbonyl (C=O) groups is 2. The maximum absolute atomic E-state index is 14.2. The normalized spacial score (nSPS) is 20.6. The van der Waals surface area contributed by atoms with Crippen LogP contribution in [0, 0.1) is 0 Å². The number of piperazine rings is 1. The van der Waals surface area contributed by atoms with Gasteiger partial charge in [0.15, 0.2) is 5.78 Å². The highest BCUT2D eigenvalue weighted by atomic mass is 16.6. The molecule has 4 rings (SSSR count). The molecule has 1 amide bonds. The summed E-state index contributed by atoms with van der Waals surface area (Å²) in [5.41, 5.74) is 0.00427. The second kappa shape index (κ2) is 11.7. The lowest BCUT2D eigenvalue weighted by atomic mass is 9.69. The minimum atomic E-state index is -1.15. The SMILES string of the molecule is CC(C)(C)OC(=O)N1CCNCC1C(=O)C(c1ccc(OCc2ccccc2)cc1)C1(O)CCCCC1. The van der Waals surface area contributed by atoms with Gasteiger partial charge in [-0.15, -0.1) is 0 Å². The Bertz CT molecular complexity index is 1040. The second-order valence-corrected chi connectivity index (χ2v) is 11.2. The van der Waals surface area contributed by atoms with Gasteiger partial charge in [-0.1, -0.05) is 61.7 Å². The molecule has 1 heterocycles. The molecule has 2 aliphatic rings. The van der Waals surface area contributed by atoms with E-state index in [-0.39, 0.29) is 5.78 Å². The van der Waals surface area contributed by atoms with Gasteiger partial charge >= 0.3 is 6.09 Å². The lowest BCUT2D eigenvalue weighted by Crippen LogP contribution is -2.60. The Morgan fingerprint density at radius 2 is 1.73 bits per heavy atom. The van der Waals surface area contributed by atoms with Crippen molar-refractivity contribution in [2.45, 2.75) is 82.6 Å². The minimum absolute atomic E-state index is 0.152. The molecule has 0 spiro atoms. The van der Waals surface area contributed by atoms with Crippen LogP contribution in [0.5, 0.6) is 5.75 Å². The summed E-state index contributed by atoms with van der Waals surface area (Å²) in [5, 5.41) is 15.1. The van der Waals surface area contributed by atoms with Crippen molar-refractivity contribution >= 4 is 11.9 Å². The van der Waals surface area contributed by atoms with Crippen LogP contribution in [0.15, 0.2) is 54.6 Å². The minimum Gasteiger partial charge on any atom is -0.489 e. The first-order valence-electron chi connectivity index (χ1n) is 13.4. The molecule has 2 aromatic carbocycles. The number of amides is 1. The molecule has 0 bridgehead atoms. The molecule has 7 nitrogen and oxygen atoms in total. The van der Waals surface area contributed by atoms with Crippen molar-refractivity contribution in [3.8, 4) is 5.75 Å². The quantitative estimate of drug-likeness (QED) is 0.557. The van der Waals surface area contributed by atoms with Crippen LogP contribution < -0.4 is 10.1 Å². The summed E-state index contributed by atoms with van der Waals surface area (Å²) >= 11 is 0. The first kappa shape index (κ1) is 27.1. The monoisotopic (exact) mass is 508 g/mol. The highest BCUT2D eigenvalue weighted by Gasteiger charge is 2.47. The molecule has 37 heavy (non-hydrogen) atoms. The highest BCUT2D eigenvalue weighted by Crippen LogP contribution is 2.42. The Balaban J connectivity index is 1.58. The van der Waals surface area contributed by atoms with Crippen molar-refractivity contribution in [1.29, 1.82) is 0 Å². The number of ketones is 1. The zero-order chi connectivity index (χ0) is 26.5. The molecule has 1 saturated carbocycles. The summed E-state index contributed by atoms with van der Waals surface area (Å²) in [4.78, 5) is 28.7. The largest absolute Gasteiger partial charge is 0.489 e. The van der Waals surface area contributed by atoms with E-state index in [0.29, 0.717) is 44.8 Å². The molecule has 0 aromatic heterocycles. The molecule has 2 N–H and O–H groups in total. The number of hydrogen-bond donors (Lipinski definition) is 2. The zero-order valence-electron chi connectivity index (χ0n) is 22.2. The number of benzene rings is 2. The van der Waals surface area contributed by atoms with E-state index in [0.717, 1.165) is 30.4 Å². The summed E-state index contributed by atoms with van der Waals surface area (Å²) in [6.07, 6.45) is 3.41. The number of carbonyl (C=O) groups excluding carboxylic acids is 2. The smallest absolute Gasteiger partial charge is 0.410 e. The molecule has 7 heteroatoms. The molecule has 2 aromatic rings. The van der Waals surface area contributed by atoms with Crippen LogP contribution in [0.2, 0.25) is 0 Å². The number of hydrogen-bond acceptors (Lipinski definition) is 6. The predicted octanol–water partition coefficient (Wildman–Crippen LogP) is 4.82. The highest BCUT2D eigenvalue weighted by molar-refractivity contribution is 5.94. The van der Waals surface area contributed by atoms with Gasteiger partial charge in [-0.25, -0.2) is 4.79 Å². The van der Waals surface area contributed by atoms with E-state index < -0.39 is 29.3 Å². The molecule has 1 aliphatic heterocycles. The van der Waals surface area contributed by atoms with Crippen LogP contribution in [0.25, 0.3) is 0 Å². The summed E-state index contributed by atoms with van der Waals surface area (Å²) in [7, 11) is 0. The number of ether oxygens (including phenoxy) is 2. The van der Waals surface area contributed by atoms with E-state index in [9.17, 15) is 14.7 Å². The van der Waals surface area contributed by atoms with Crippen LogP contribution in [-0.2, 0) is 16.1 Å². The van der Waals surface area contributed by atoms with Crippen LogP contribution >= 0.6 is 0 Å². The fraction of sp³-hybridized carbons (Fsp3) is 0.533. The van der Waals surface area contributed by atoms with Crippen LogP contribution in [0.4, 0.5) is 4.79 Å². The first-order chi connectivity index (χ1) is 17.7. The maximum Gasteiger partial charge on any atom is 0.410 e. The van der Waals surface area contributed by atoms with E-state index in [1.807, 2.05) is 75.4 Å². The standard InChI is InChI=1S/C30H40N2O5/c1-29(2,3)37-28(34)32-19-18-31-20-25(32)27(33)26(30(35)16-8-5-9-17-30)23-12-14-24(15-13-23)36-21-22-10-6-4-7-11-22/h4,6-7,10-15,25-26,31,35H,5,8-9,16-21H2,1-3H3. The summed E-state index contributed by atoms with van der Waals surface area (Å²) in [5.74, 6) is -0.199. The number of nitrogens with one attached hydrogen (secondary N) is 1. The summed E-state index contributed by atoms with van der Waals surface area (Å²) in [6, 6.07) is 16.7. The lowest BCUT2D eigenvalue weighted by Gasteiger charge is -2.43. The first-order valence-corrected chi connectivity index (χ1v) is 13.4. The van der Waals surface area contributed by atoms with Crippen LogP contribution in [-0.4, -0.2) is 58.8 Å². The molecular formula is C30H40N2O5. The average Bonchev–Trinajstić information content (AvgIpc) is 2.88. The predicted molar refractivity (Wildman–Crippen MR) is 143 cm³/mol. The topological polar surface area (TPSA) is 88.1 Å². The molecule has 1 saturated heterocycles. The Morgan fingerprint density at radius 1 is 1.05 bits per heavy atom. The van der Waals surface area contributed by atoms with Crippen LogP contribution in [0.3, 0.4) is 0 Å². The maximum atomic E-state index is 14.2. The Labute approximate surface area is 220 Å². The molecule has 200 valence electrons. The number of Topliss-reactive ketones (excluding diaryl/α,β-unsaturated/α-hetero) is 1. The van der Waals surface area contributed by atoms with E-state index in [1.165, 1.54) is 4.90 Å². The van der Waals surface area contributed by atoms with E-state index >= 15 is 0 Å². The lowest BCUT2D eigenvalue weighted by molar-refractivity contribution is -0.135. The Hall–Kier alpha value is -2.90. The summed E-state index contributed by atoms with van der Waals surface area (Å²) in [6.45, 7) is 7.21. The van der Waals surface area contributed by atoms with Crippen molar-refractivity contribution in [2.24, 2.45) is 0 Å². The van der Waals surface area contributed by atoms with E-state index in [4.69, 9.17) is 9.47 Å². The van der Waals surface area contributed by atoms with Gasteiger partial charge < -0.3 is 19.9 Å². The van der Waals surface area contributed by atoms with Gasteiger partial charge in [0.05, 0.1) is 11.5 Å². The molecule has 2 atom stereocenters. The fourth-order valence-corrected chi connectivity index (χ4v) is 5.38.